The minimum absolute atomic E-state index is 0.0825. The molecule has 1 unspecified atom stereocenters. The number of hydrogen-bond acceptors (Lipinski definition) is 3. The van der Waals surface area contributed by atoms with Crippen LogP contribution in [0.15, 0.2) is 35.2 Å². The molecule has 0 aliphatic rings. The first-order valence-electron chi connectivity index (χ1n) is 6.99. The highest BCUT2D eigenvalue weighted by Crippen LogP contribution is 2.29. The van der Waals surface area contributed by atoms with Crippen molar-refractivity contribution in [3.05, 3.63) is 53.6 Å². The summed E-state index contributed by atoms with van der Waals surface area (Å²) in [6.07, 6.45) is 0.326. The molecule has 2 rings (SSSR count). The number of benzene rings is 2. The van der Waals surface area contributed by atoms with E-state index in [0.29, 0.717) is 17.0 Å². The van der Waals surface area contributed by atoms with Gasteiger partial charge in [-0.2, -0.15) is 0 Å². The van der Waals surface area contributed by atoms with Crippen LogP contribution in [0, 0.1) is 23.3 Å². The Hall–Kier alpha value is -2.22. The molecule has 0 saturated heterocycles. The molecule has 0 spiro atoms. The number of nitrogens with one attached hydrogen (secondary N) is 1. The molecule has 1 amide bonds. The molecule has 128 valence electrons. The fourth-order valence-corrected chi connectivity index (χ4v) is 2.98. The highest BCUT2D eigenvalue weighted by Gasteiger charge is 2.24. The van der Waals surface area contributed by atoms with Crippen LogP contribution in [0.4, 0.5) is 28.9 Å². The molecule has 0 aliphatic heterocycles. The predicted octanol–water partition coefficient (Wildman–Crippen LogP) is 4.33. The van der Waals surface area contributed by atoms with Gasteiger partial charge in [-0.25, -0.2) is 17.6 Å². The van der Waals surface area contributed by atoms with Crippen LogP contribution in [0.25, 0.3) is 0 Å². The summed E-state index contributed by atoms with van der Waals surface area (Å²) >= 11 is 1.13. The molecular formula is C16H14F4N2OS. The molecule has 3 nitrogen and oxygen atoms in total. The molecule has 1 atom stereocenters. The second-order valence-corrected chi connectivity index (χ2v) is 6.20. The standard InChI is InChI=1S/C16H14F4N2OS/c1-2-12(24-9-5-3-4-8(21)6-9)16(23)22-15-13(19)10(17)7-11(18)14(15)20/h3-7,12H,2,21H2,1H3,(H,22,23). The Morgan fingerprint density at radius 3 is 2.33 bits per heavy atom. The Balaban J connectivity index is 2.21. The molecule has 3 N–H and O–H groups in total. The lowest BCUT2D eigenvalue weighted by molar-refractivity contribution is -0.115. The van der Waals surface area contributed by atoms with Crippen molar-refractivity contribution >= 4 is 29.0 Å². The Morgan fingerprint density at radius 1 is 1.17 bits per heavy atom. The first-order chi connectivity index (χ1) is 11.3. The Bertz CT molecular complexity index is 744. The lowest BCUT2D eigenvalue weighted by atomic mass is 10.2. The van der Waals surface area contributed by atoms with Gasteiger partial charge in [-0.1, -0.05) is 13.0 Å². The van der Waals surface area contributed by atoms with E-state index >= 15 is 0 Å². The van der Waals surface area contributed by atoms with Gasteiger partial charge in [-0.3, -0.25) is 4.79 Å². The first kappa shape index (κ1) is 18.1. The van der Waals surface area contributed by atoms with E-state index < -0.39 is 40.1 Å². The molecule has 0 aliphatic carbocycles. The van der Waals surface area contributed by atoms with Crippen molar-refractivity contribution in [1.29, 1.82) is 0 Å². The van der Waals surface area contributed by atoms with Gasteiger partial charge in [0.15, 0.2) is 23.3 Å². The van der Waals surface area contributed by atoms with Crippen LogP contribution in [0.2, 0.25) is 0 Å². The number of nitrogens with two attached hydrogens (primary N) is 1. The number of rotatable bonds is 5. The van der Waals surface area contributed by atoms with Crippen molar-refractivity contribution in [3.63, 3.8) is 0 Å². The maximum absolute atomic E-state index is 13.6. The third kappa shape index (κ3) is 4.00. The van der Waals surface area contributed by atoms with Gasteiger partial charge in [0.2, 0.25) is 5.91 Å². The smallest absolute Gasteiger partial charge is 0.238 e. The number of carbonyl (C=O) groups excluding carboxylic acids is 1. The van der Waals surface area contributed by atoms with Crippen molar-refractivity contribution in [3.8, 4) is 0 Å². The minimum Gasteiger partial charge on any atom is -0.399 e. The van der Waals surface area contributed by atoms with Crippen molar-refractivity contribution in [2.24, 2.45) is 0 Å². The molecule has 8 heteroatoms. The zero-order valence-corrected chi connectivity index (χ0v) is 13.4. The number of anilines is 2. The average molecular weight is 358 g/mol. The molecule has 2 aromatic carbocycles. The number of hydrogen-bond donors (Lipinski definition) is 2. The summed E-state index contributed by atoms with van der Waals surface area (Å²) in [5.41, 5.74) is 5.02. The predicted molar refractivity (Wildman–Crippen MR) is 85.7 cm³/mol. The second kappa shape index (κ2) is 7.57. The van der Waals surface area contributed by atoms with Crippen LogP contribution in [0.3, 0.4) is 0 Å². The van der Waals surface area contributed by atoms with Gasteiger partial charge < -0.3 is 11.1 Å². The molecule has 0 fully saturated rings. The van der Waals surface area contributed by atoms with E-state index in [0.717, 1.165) is 11.8 Å². The van der Waals surface area contributed by atoms with Gasteiger partial charge in [0, 0.05) is 16.6 Å². The molecule has 24 heavy (non-hydrogen) atoms. The third-order valence-corrected chi connectivity index (χ3v) is 4.52. The van der Waals surface area contributed by atoms with Crippen molar-refractivity contribution < 1.29 is 22.4 Å². The molecule has 0 bridgehead atoms. The molecule has 0 radical (unpaired) electrons. The Labute approximate surface area is 140 Å². The summed E-state index contributed by atoms with van der Waals surface area (Å²) in [4.78, 5) is 12.9. The number of nitrogen functional groups attached to an aromatic ring is 1. The summed E-state index contributed by atoms with van der Waals surface area (Å²) in [5, 5.41) is 1.20. The Kier molecular flexibility index (Phi) is 5.71. The fourth-order valence-electron chi connectivity index (χ4n) is 1.96. The van der Waals surface area contributed by atoms with Gasteiger partial charge in [0.25, 0.3) is 0 Å². The van der Waals surface area contributed by atoms with Crippen molar-refractivity contribution in [1.82, 2.24) is 0 Å². The van der Waals surface area contributed by atoms with Gasteiger partial charge >= 0.3 is 0 Å². The van der Waals surface area contributed by atoms with Crippen molar-refractivity contribution in [2.45, 2.75) is 23.5 Å². The summed E-state index contributed by atoms with van der Waals surface area (Å²) < 4.78 is 53.6. The molecule has 0 aromatic heterocycles. The average Bonchev–Trinajstić information content (AvgIpc) is 2.54. The van der Waals surface area contributed by atoms with Gasteiger partial charge in [0.05, 0.1) is 5.25 Å². The van der Waals surface area contributed by atoms with E-state index in [1.165, 1.54) is 0 Å². The molecule has 0 heterocycles. The number of amides is 1. The Morgan fingerprint density at radius 2 is 1.79 bits per heavy atom. The SMILES string of the molecule is CCC(Sc1cccc(N)c1)C(=O)Nc1c(F)c(F)cc(F)c1F. The summed E-state index contributed by atoms with van der Waals surface area (Å²) in [7, 11) is 0. The minimum atomic E-state index is -1.65. The van der Waals surface area contributed by atoms with Crippen LogP contribution in [0.1, 0.15) is 13.3 Å². The number of thioether (sulfide) groups is 1. The van der Waals surface area contributed by atoms with Crippen molar-refractivity contribution in [2.75, 3.05) is 11.1 Å². The summed E-state index contributed by atoms with van der Waals surface area (Å²) in [6.45, 7) is 1.70. The van der Waals surface area contributed by atoms with E-state index in [1.54, 1.807) is 31.2 Å². The van der Waals surface area contributed by atoms with Crippen LogP contribution in [-0.2, 0) is 4.79 Å². The van der Waals surface area contributed by atoms with E-state index in [-0.39, 0.29) is 6.07 Å². The summed E-state index contributed by atoms with van der Waals surface area (Å²) in [5.74, 6) is -7.23. The van der Waals surface area contributed by atoms with Crippen LogP contribution < -0.4 is 11.1 Å². The highest BCUT2D eigenvalue weighted by molar-refractivity contribution is 8.00. The molecule has 2 aromatic rings. The van der Waals surface area contributed by atoms with E-state index in [2.05, 4.69) is 0 Å². The van der Waals surface area contributed by atoms with Crippen LogP contribution in [-0.4, -0.2) is 11.2 Å². The maximum Gasteiger partial charge on any atom is 0.238 e. The van der Waals surface area contributed by atoms with E-state index in [4.69, 9.17) is 5.73 Å². The zero-order valence-electron chi connectivity index (χ0n) is 12.6. The topological polar surface area (TPSA) is 55.1 Å². The molecule has 0 saturated carbocycles. The number of carbonyl (C=O) groups is 1. The largest absolute Gasteiger partial charge is 0.399 e. The second-order valence-electron chi connectivity index (χ2n) is 4.92. The lowest BCUT2D eigenvalue weighted by Crippen LogP contribution is -2.26. The highest BCUT2D eigenvalue weighted by atomic mass is 32.2. The van der Waals surface area contributed by atoms with E-state index in [1.807, 2.05) is 5.32 Å². The van der Waals surface area contributed by atoms with Crippen LogP contribution >= 0.6 is 11.8 Å². The lowest BCUT2D eigenvalue weighted by Gasteiger charge is -2.16. The zero-order chi connectivity index (χ0) is 17.9. The quantitative estimate of drug-likeness (QED) is 0.362. The molecular weight excluding hydrogens is 344 g/mol. The van der Waals surface area contributed by atoms with Gasteiger partial charge in [-0.05, 0) is 24.6 Å². The van der Waals surface area contributed by atoms with Gasteiger partial charge in [0.1, 0.15) is 5.69 Å². The normalized spacial score (nSPS) is 12.0. The summed E-state index contributed by atoms with van der Waals surface area (Å²) in [6, 6.07) is 6.82. The fraction of sp³-hybridized carbons (Fsp3) is 0.188. The van der Waals surface area contributed by atoms with E-state index in [9.17, 15) is 22.4 Å². The third-order valence-electron chi connectivity index (χ3n) is 3.16. The maximum atomic E-state index is 13.6. The number of halogens is 4. The monoisotopic (exact) mass is 358 g/mol. The first-order valence-corrected chi connectivity index (χ1v) is 7.87. The van der Waals surface area contributed by atoms with Gasteiger partial charge in [-0.15, -0.1) is 11.8 Å². The van der Waals surface area contributed by atoms with Crippen LogP contribution in [0.5, 0.6) is 0 Å².